The Balaban J connectivity index is 1.55. The highest BCUT2D eigenvalue weighted by atomic mass is 32.2. The zero-order valence-electron chi connectivity index (χ0n) is 11.4. The van der Waals surface area contributed by atoms with Crippen LogP contribution in [-0.4, -0.2) is 24.3 Å². The molecule has 0 saturated heterocycles. The maximum Gasteiger partial charge on any atom is 0.231 e. The lowest BCUT2D eigenvalue weighted by molar-refractivity contribution is 0.174. The molecule has 1 aromatic rings. The van der Waals surface area contributed by atoms with Crippen LogP contribution in [0.1, 0.15) is 31.2 Å². The second-order valence-corrected chi connectivity index (χ2v) is 6.66. The quantitative estimate of drug-likeness (QED) is 0.896. The minimum absolute atomic E-state index is 0.349. The van der Waals surface area contributed by atoms with Crippen molar-refractivity contribution in [3.8, 4) is 11.5 Å². The Labute approximate surface area is 119 Å². The van der Waals surface area contributed by atoms with Crippen LogP contribution in [0.5, 0.6) is 11.5 Å². The van der Waals surface area contributed by atoms with Crippen molar-refractivity contribution in [1.29, 1.82) is 0 Å². The summed E-state index contributed by atoms with van der Waals surface area (Å²) in [6.45, 7) is 2.35. The van der Waals surface area contributed by atoms with Crippen LogP contribution in [0.25, 0.3) is 0 Å². The Morgan fingerprint density at radius 1 is 1.21 bits per heavy atom. The second-order valence-electron chi connectivity index (χ2n) is 5.39. The van der Waals surface area contributed by atoms with E-state index >= 15 is 0 Å². The third-order valence-electron chi connectivity index (χ3n) is 4.16. The number of ether oxygens (including phenoxy) is 2. The van der Waals surface area contributed by atoms with Crippen LogP contribution in [0.3, 0.4) is 0 Å². The molecule has 1 aliphatic heterocycles. The average molecular weight is 279 g/mol. The molecule has 4 heteroatoms. The molecule has 2 aliphatic rings. The summed E-state index contributed by atoms with van der Waals surface area (Å²) in [7, 11) is 0. The van der Waals surface area contributed by atoms with Crippen molar-refractivity contribution in [3.05, 3.63) is 23.8 Å². The number of nitrogens with one attached hydrogen (secondary N) is 1. The number of hydrogen-bond acceptors (Lipinski definition) is 4. The van der Waals surface area contributed by atoms with E-state index in [4.69, 9.17) is 9.47 Å². The van der Waals surface area contributed by atoms with E-state index in [-0.39, 0.29) is 0 Å². The van der Waals surface area contributed by atoms with Crippen molar-refractivity contribution < 1.29 is 9.47 Å². The highest BCUT2D eigenvalue weighted by Crippen LogP contribution is 2.39. The summed E-state index contributed by atoms with van der Waals surface area (Å²) in [6, 6.07) is 6.19. The molecule has 3 rings (SSSR count). The van der Waals surface area contributed by atoms with Crippen LogP contribution in [0.2, 0.25) is 0 Å². The van der Waals surface area contributed by atoms with E-state index in [2.05, 4.69) is 23.7 Å². The highest BCUT2D eigenvalue weighted by Gasteiger charge is 2.32. The lowest BCUT2D eigenvalue weighted by atomic mass is 10.1. The molecule has 0 radical (unpaired) electrons. The molecule has 104 valence electrons. The minimum Gasteiger partial charge on any atom is -0.454 e. The lowest BCUT2D eigenvalue weighted by Gasteiger charge is -2.27. The topological polar surface area (TPSA) is 30.5 Å². The summed E-state index contributed by atoms with van der Waals surface area (Å²) in [5.74, 6) is 1.74. The molecule has 1 N–H and O–H groups in total. The Morgan fingerprint density at radius 3 is 2.79 bits per heavy atom. The Morgan fingerprint density at radius 2 is 2.00 bits per heavy atom. The fourth-order valence-electron chi connectivity index (χ4n) is 2.96. The Kier molecular flexibility index (Phi) is 3.89. The van der Waals surface area contributed by atoms with Gasteiger partial charge in [-0.05, 0) is 36.8 Å². The summed E-state index contributed by atoms with van der Waals surface area (Å²) in [5.41, 5.74) is 1.26. The molecule has 0 spiro atoms. The molecule has 0 bridgehead atoms. The van der Waals surface area contributed by atoms with Gasteiger partial charge in [0.1, 0.15) is 0 Å². The number of thioether (sulfide) groups is 1. The van der Waals surface area contributed by atoms with Crippen molar-refractivity contribution in [2.45, 2.75) is 37.0 Å². The molecule has 3 nitrogen and oxygen atoms in total. The first-order valence-corrected chi connectivity index (χ1v) is 8.18. The van der Waals surface area contributed by atoms with Gasteiger partial charge in [0.25, 0.3) is 0 Å². The normalized spacial score (nSPS) is 19.8. The van der Waals surface area contributed by atoms with E-state index in [1.54, 1.807) is 0 Å². The maximum absolute atomic E-state index is 5.41. The van der Waals surface area contributed by atoms with Gasteiger partial charge in [-0.15, -0.1) is 0 Å². The van der Waals surface area contributed by atoms with Gasteiger partial charge in [-0.2, -0.15) is 11.8 Å². The Hall–Kier alpha value is -0.870. The number of rotatable bonds is 5. The van der Waals surface area contributed by atoms with Gasteiger partial charge in [0.2, 0.25) is 6.79 Å². The summed E-state index contributed by atoms with van der Waals surface area (Å²) in [5, 5.41) is 3.61. The van der Waals surface area contributed by atoms with Gasteiger partial charge in [0, 0.05) is 17.8 Å². The first-order chi connectivity index (χ1) is 9.31. The van der Waals surface area contributed by atoms with Gasteiger partial charge in [-0.25, -0.2) is 0 Å². The van der Waals surface area contributed by atoms with Gasteiger partial charge in [0.05, 0.1) is 0 Å². The SMILES string of the molecule is CSC1(CNCc2ccc3c(c2)OCO3)CCCC1. The third kappa shape index (κ3) is 2.84. The van der Waals surface area contributed by atoms with Gasteiger partial charge >= 0.3 is 0 Å². The summed E-state index contributed by atoms with van der Waals surface area (Å²) < 4.78 is 11.2. The zero-order chi connectivity index (χ0) is 13.1. The molecule has 0 atom stereocenters. The molecule has 1 fully saturated rings. The van der Waals surface area contributed by atoms with Crippen LogP contribution in [-0.2, 0) is 6.54 Å². The van der Waals surface area contributed by atoms with E-state index < -0.39 is 0 Å². The number of hydrogen-bond donors (Lipinski definition) is 1. The van der Waals surface area contributed by atoms with Crippen LogP contribution in [0.15, 0.2) is 18.2 Å². The number of benzene rings is 1. The van der Waals surface area contributed by atoms with Crippen molar-refractivity contribution in [2.75, 3.05) is 19.6 Å². The molecule has 1 heterocycles. The highest BCUT2D eigenvalue weighted by molar-refractivity contribution is 8.00. The zero-order valence-corrected chi connectivity index (χ0v) is 12.2. The van der Waals surface area contributed by atoms with Crippen LogP contribution >= 0.6 is 11.8 Å². The standard InChI is InChI=1S/C15H21NO2S/c1-19-15(6-2-3-7-15)10-16-9-12-4-5-13-14(8-12)18-11-17-13/h4-5,8,16H,2-3,6-7,9-11H2,1H3. The van der Waals surface area contributed by atoms with E-state index in [1.807, 2.05) is 17.8 Å². The monoisotopic (exact) mass is 279 g/mol. The van der Waals surface area contributed by atoms with Gasteiger partial charge < -0.3 is 14.8 Å². The predicted octanol–water partition coefficient (Wildman–Crippen LogP) is 3.18. The van der Waals surface area contributed by atoms with E-state index in [0.717, 1.165) is 24.6 Å². The lowest BCUT2D eigenvalue weighted by Crippen LogP contribution is -2.34. The largest absolute Gasteiger partial charge is 0.454 e. The molecule has 0 aromatic heterocycles. The maximum atomic E-state index is 5.41. The second kappa shape index (κ2) is 5.63. The van der Waals surface area contributed by atoms with Crippen LogP contribution < -0.4 is 14.8 Å². The van der Waals surface area contributed by atoms with Crippen LogP contribution in [0.4, 0.5) is 0 Å². The fourth-order valence-corrected chi connectivity index (χ4v) is 3.90. The Bertz CT molecular complexity index is 444. The number of fused-ring (bicyclic) bond motifs is 1. The first-order valence-electron chi connectivity index (χ1n) is 6.96. The summed E-state index contributed by atoms with van der Waals surface area (Å²) in [4.78, 5) is 0. The van der Waals surface area contributed by atoms with E-state index in [9.17, 15) is 0 Å². The van der Waals surface area contributed by atoms with Gasteiger partial charge in [-0.1, -0.05) is 18.9 Å². The third-order valence-corrected chi connectivity index (χ3v) is 5.58. The van der Waals surface area contributed by atoms with E-state index in [1.165, 1.54) is 31.2 Å². The van der Waals surface area contributed by atoms with Gasteiger partial charge in [-0.3, -0.25) is 0 Å². The van der Waals surface area contributed by atoms with Crippen LogP contribution in [0, 0.1) is 0 Å². The van der Waals surface area contributed by atoms with Gasteiger partial charge in [0.15, 0.2) is 11.5 Å². The molecule has 1 aliphatic carbocycles. The first kappa shape index (κ1) is 13.1. The summed E-state index contributed by atoms with van der Waals surface area (Å²) >= 11 is 2.03. The van der Waals surface area contributed by atoms with Crippen molar-refractivity contribution in [1.82, 2.24) is 5.32 Å². The molecule has 1 saturated carbocycles. The summed E-state index contributed by atoms with van der Waals surface area (Å²) in [6.07, 6.45) is 7.71. The molecule has 19 heavy (non-hydrogen) atoms. The predicted molar refractivity (Wildman–Crippen MR) is 79.0 cm³/mol. The molecular formula is C15H21NO2S. The molecular weight excluding hydrogens is 258 g/mol. The van der Waals surface area contributed by atoms with E-state index in [0.29, 0.717) is 11.5 Å². The smallest absolute Gasteiger partial charge is 0.231 e. The van der Waals surface area contributed by atoms with Crippen molar-refractivity contribution in [2.24, 2.45) is 0 Å². The molecule has 1 aromatic carbocycles. The molecule has 0 amide bonds. The molecule has 0 unspecified atom stereocenters. The van der Waals surface area contributed by atoms with Crippen molar-refractivity contribution in [3.63, 3.8) is 0 Å². The fraction of sp³-hybridized carbons (Fsp3) is 0.600. The average Bonchev–Trinajstić information content (AvgIpc) is 3.07. The minimum atomic E-state index is 0.349. The van der Waals surface area contributed by atoms with Crippen molar-refractivity contribution >= 4 is 11.8 Å².